The lowest BCUT2D eigenvalue weighted by Gasteiger charge is -2.28. The summed E-state index contributed by atoms with van der Waals surface area (Å²) < 4.78 is 4.91. The van der Waals surface area contributed by atoms with Crippen LogP contribution in [0.25, 0.3) is 0 Å². The molecule has 1 aliphatic rings. The standard InChI is InChI=1S/C14H20N2O4S/c1-20-7-2-3-11(13(17)18)15-14(19)16-6-4-12-10(9-16)5-8-21-12/h5,8,11H,2-4,6-7,9H2,1H3,(H,15,19)(H,17,18). The molecule has 0 fully saturated rings. The average Bonchev–Trinajstić information content (AvgIpc) is 2.93. The number of hydrogen-bond donors (Lipinski definition) is 2. The first-order valence-corrected chi connectivity index (χ1v) is 7.82. The number of nitrogens with one attached hydrogen (secondary N) is 1. The van der Waals surface area contributed by atoms with Gasteiger partial charge in [0, 0.05) is 31.7 Å². The molecular weight excluding hydrogens is 292 g/mol. The first-order chi connectivity index (χ1) is 10.1. The quantitative estimate of drug-likeness (QED) is 0.784. The minimum atomic E-state index is -1.01. The molecule has 2 heterocycles. The van der Waals surface area contributed by atoms with Crippen LogP contribution in [0.1, 0.15) is 23.3 Å². The van der Waals surface area contributed by atoms with E-state index in [0.29, 0.717) is 32.5 Å². The molecule has 1 aliphatic heterocycles. The Bertz CT molecular complexity index is 503. The van der Waals surface area contributed by atoms with Crippen molar-refractivity contribution in [1.82, 2.24) is 10.2 Å². The molecule has 2 N–H and O–H groups in total. The SMILES string of the molecule is COCCCC(NC(=O)N1CCc2sccc2C1)C(=O)O. The highest BCUT2D eigenvalue weighted by Crippen LogP contribution is 2.23. The fraction of sp³-hybridized carbons (Fsp3) is 0.571. The number of carbonyl (C=O) groups excluding carboxylic acids is 1. The van der Waals surface area contributed by atoms with Crippen molar-refractivity contribution in [2.75, 3.05) is 20.3 Å². The number of methoxy groups -OCH3 is 1. The molecule has 1 atom stereocenters. The number of urea groups is 1. The molecule has 6 nitrogen and oxygen atoms in total. The van der Waals surface area contributed by atoms with Gasteiger partial charge in [0.1, 0.15) is 6.04 Å². The number of rotatable bonds is 6. The van der Waals surface area contributed by atoms with Crippen LogP contribution < -0.4 is 5.32 Å². The van der Waals surface area contributed by atoms with E-state index in [1.807, 2.05) is 11.4 Å². The summed E-state index contributed by atoms with van der Waals surface area (Å²) in [5.41, 5.74) is 1.16. The maximum atomic E-state index is 12.2. The predicted molar refractivity (Wildman–Crippen MR) is 79.5 cm³/mol. The van der Waals surface area contributed by atoms with E-state index in [4.69, 9.17) is 4.74 Å². The molecule has 1 unspecified atom stereocenters. The van der Waals surface area contributed by atoms with Crippen LogP contribution in [0.15, 0.2) is 11.4 Å². The Labute approximate surface area is 127 Å². The number of carbonyl (C=O) groups is 2. The zero-order valence-corrected chi connectivity index (χ0v) is 12.8. The molecule has 2 amide bonds. The van der Waals surface area contributed by atoms with Crippen molar-refractivity contribution in [1.29, 1.82) is 0 Å². The van der Waals surface area contributed by atoms with E-state index in [0.717, 1.165) is 12.0 Å². The Morgan fingerprint density at radius 2 is 2.38 bits per heavy atom. The third-order valence-electron chi connectivity index (χ3n) is 3.53. The van der Waals surface area contributed by atoms with Crippen molar-refractivity contribution in [2.24, 2.45) is 0 Å². The number of ether oxygens (including phenoxy) is 1. The van der Waals surface area contributed by atoms with Gasteiger partial charge in [0.15, 0.2) is 0 Å². The van der Waals surface area contributed by atoms with E-state index in [-0.39, 0.29) is 6.03 Å². The lowest BCUT2D eigenvalue weighted by Crippen LogP contribution is -2.49. The zero-order chi connectivity index (χ0) is 15.2. The van der Waals surface area contributed by atoms with Gasteiger partial charge in [-0.05, 0) is 36.3 Å². The minimum Gasteiger partial charge on any atom is -0.480 e. The van der Waals surface area contributed by atoms with Crippen LogP contribution in [0, 0.1) is 0 Å². The van der Waals surface area contributed by atoms with Gasteiger partial charge in [0.2, 0.25) is 0 Å². The van der Waals surface area contributed by atoms with E-state index in [2.05, 4.69) is 5.32 Å². The van der Waals surface area contributed by atoms with Crippen LogP contribution in [-0.4, -0.2) is 48.3 Å². The molecular formula is C14H20N2O4S. The van der Waals surface area contributed by atoms with Crippen molar-refractivity contribution < 1.29 is 19.4 Å². The summed E-state index contributed by atoms with van der Waals surface area (Å²) in [7, 11) is 1.57. The second-order valence-corrected chi connectivity index (χ2v) is 6.02. The number of amides is 2. The summed E-state index contributed by atoms with van der Waals surface area (Å²) in [6.45, 7) is 1.67. The topological polar surface area (TPSA) is 78.9 Å². The molecule has 2 rings (SSSR count). The fourth-order valence-corrected chi connectivity index (χ4v) is 3.24. The van der Waals surface area contributed by atoms with Crippen LogP contribution in [0.2, 0.25) is 0 Å². The monoisotopic (exact) mass is 312 g/mol. The first kappa shape index (κ1) is 15.8. The Morgan fingerprint density at radius 3 is 3.10 bits per heavy atom. The van der Waals surface area contributed by atoms with Crippen LogP contribution in [-0.2, 0) is 22.5 Å². The molecule has 0 saturated heterocycles. The van der Waals surface area contributed by atoms with Gasteiger partial charge in [-0.2, -0.15) is 0 Å². The molecule has 0 aromatic carbocycles. The van der Waals surface area contributed by atoms with Crippen molar-refractivity contribution >= 4 is 23.3 Å². The molecule has 0 aliphatic carbocycles. The molecule has 0 saturated carbocycles. The van der Waals surface area contributed by atoms with E-state index in [1.165, 1.54) is 4.88 Å². The summed E-state index contributed by atoms with van der Waals surface area (Å²) in [5.74, 6) is -1.01. The number of aliphatic carboxylic acids is 1. The number of hydrogen-bond acceptors (Lipinski definition) is 4. The highest BCUT2D eigenvalue weighted by atomic mass is 32.1. The maximum Gasteiger partial charge on any atom is 0.326 e. The maximum absolute atomic E-state index is 12.2. The average molecular weight is 312 g/mol. The molecule has 0 radical (unpaired) electrons. The lowest BCUT2D eigenvalue weighted by molar-refractivity contribution is -0.139. The smallest absolute Gasteiger partial charge is 0.326 e. The van der Waals surface area contributed by atoms with Crippen LogP contribution in [0.3, 0.4) is 0 Å². The Balaban J connectivity index is 1.89. The molecule has 116 valence electrons. The van der Waals surface area contributed by atoms with Gasteiger partial charge >= 0.3 is 12.0 Å². The van der Waals surface area contributed by atoms with Gasteiger partial charge in [-0.1, -0.05) is 0 Å². The van der Waals surface area contributed by atoms with Crippen molar-refractivity contribution in [2.45, 2.75) is 31.8 Å². The van der Waals surface area contributed by atoms with Gasteiger partial charge in [0.05, 0.1) is 0 Å². The summed E-state index contributed by atoms with van der Waals surface area (Å²) in [6, 6.07) is 0.848. The van der Waals surface area contributed by atoms with Gasteiger partial charge in [-0.25, -0.2) is 9.59 Å². The number of carboxylic acids is 1. The summed E-state index contributed by atoms with van der Waals surface area (Å²) >= 11 is 1.71. The molecule has 7 heteroatoms. The van der Waals surface area contributed by atoms with Crippen molar-refractivity contribution in [3.63, 3.8) is 0 Å². The normalized spacial score (nSPS) is 15.4. The Morgan fingerprint density at radius 1 is 1.57 bits per heavy atom. The second-order valence-electron chi connectivity index (χ2n) is 5.02. The lowest BCUT2D eigenvalue weighted by atomic mass is 10.1. The van der Waals surface area contributed by atoms with Gasteiger partial charge in [-0.3, -0.25) is 0 Å². The van der Waals surface area contributed by atoms with Crippen LogP contribution >= 0.6 is 11.3 Å². The van der Waals surface area contributed by atoms with E-state index in [1.54, 1.807) is 23.3 Å². The Kier molecular flexibility index (Phi) is 5.58. The van der Waals surface area contributed by atoms with Crippen molar-refractivity contribution in [3.05, 3.63) is 21.9 Å². The zero-order valence-electron chi connectivity index (χ0n) is 12.0. The van der Waals surface area contributed by atoms with Crippen molar-refractivity contribution in [3.8, 4) is 0 Å². The van der Waals surface area contributed by atoms with Crippen LogP contribution in [0.4, 0.5) is 4.79 Å². The third-order valence-corrected chi connectivity index (χ3v) is 4.55. The summed E-state index contributed by atoms with van der Waals surface area (Å²) in [5, 5.41) is 13.8. The predicted octanol–water partition coefficient (Wildman–Crippen LogP) is 1.70. The number of thiophene rings is 1. The van der Waals surface area contributed by atoms with Crippen LogP contribution in [0.5, 0.6) is 0 Å². The summed E-state index contributed by atoms with van der Waals surface area (Å²) in [4.78, 5) is 26.4. The number of carboxylic acid groups (broad SMARTS) is 1. The largest absolute Gasteiger partial charge is 0.480 e. The highest BCUT2D eigenvalue weighted by molar-refractivity contribution is 7.10. The number of nitrogens with zero attached hydrogens (tertiary/aromatic N) is 1. The molecule has 1 aromatic heterocycles. The highest BCUT2D eigenvalue weighted by Gasteiger charge is 2.25. The van der Waals surface area contributed by atoms with Gasteiger partial charge < -0.3 is 20.1 Å². The van der Waals surface area contributed by atoms with Gasteiger partial charge in [0.25, 0.3) is 0 Å². The minimum absolute atomic E-state index is 0.309. The second kappa shape index (κ2) is 7.42. The van der Waals surface area contributed by atoms with Gasteiger partial charge in [-0.15, -0.1) is 11.3 Å². The fourth-order valence-electron chi connectivity index (χ4n) is 2.35. The molecule has 1 aromatic rings. The Hall–Kier alpha value is -1.60. The summed E-state index contributed by atoms with van der Waals surface area (Å²) in [6.07, 6.45) is 1.80. The van der Waals surface area contributed by atoms with E-state index >= 15 is 0 Å². The van der Waals surface area contributed by atoms with E-state index < -0.39 is 12.0 Å². The third kappa shape index (κ3) is 4.18. The molecule has 21 heavy (non-hydrogen) atoms. The molecule has 0 spiro atoms. The van der Waals surface area contributed by atoms with E-state index in [9.17, 15) is 14.7 Å². The number of fused-ring (bicyclic) bond motifs is 1. The first-order valence-electron chi connectivity index (χ1n) is 6.94. The molecule has 0 bridgehead atoms.